The summed E-state index contributed by atoms with van der Waals surface area (Å²) in [7, 11) is 0. The summed E-state index contributed by atoms with van der Waals surface area (Å²) in [5.74, 6) is -0.270. The van der Waals surface area contributed by atoms with Crippen LogP contribution in [0.25, 0.3) is 0 Å². The summed E-state index contributed by atoms with van der Waals surface area (Å²) in [5, 5.41) is 2.59. The minimum absolute atomic E-state index is 0.0181. The average Bonchev–Trinajstić information content (AvgIpc) is 3.11. The summed E-state index contributed by atoms with van der Waals surface area (Å²) in [6.07, 6.45) is 3.48. The predicted octanol–water partition coefficient (Wildman–Crippen LogP) is 5.55. The molecule has 1 fully saturated rings. The summed E-state index contributed by atoms with van der Waals surface area (Å²) in [4.78, 5) is 11.9. The predicted molar refractivity (Wildman–Crippen MR) is 94.5 cm³/mol. The van der Waals surface area contributed by atoms with Crippen molar-refractivity contribution in [3.63, 3.8) is 0 Å². The molecule has 0 atom stereocenters. The highest BCUT2D eigenvalue weighted by atomic mass is 35.5. The molecule has 2 aromatic carbocycles. The highest BCUT2D eigenvalue weighted by molar-refractivity contribution is 6.32. The zero-order valence-electron chi connectivity index (χ0n) is 13.6. The fourth-order valence-corrected chi connectivity index (χ4v) is 2.97. The summed E-state index contributed by atoms with van der Waals surface area (Å²) >= 11 is 6.05. The minimum atomic E-state index is -0.739. The molecule has 0 bridgehead atoms. The van der Waals surface area contributed by atoms with Gasteiger partial charge in [0.15, 0.2) is 0 Å². The van der Waals surface area contributed by atoms with Gasteiger partial charge in [-0.2, -0.15) is 0 Å². The van der Waals surface area contributed by atoms with Crippen LogP contribution in [-0.4, -0.2) is 12.2 Å². The van der Waals surface area contributed by atoms with Crippen LogP contribution in [0.1, 0.15) is 31.2 Å². The maximum Gasteiger partial charge on any atom is 0.412 e. The van der Waals surface area contributed by atoms with Gasteiger partial charge < -0.3 is 9.47 Å². The maximum atomic E-state index is 14.1. The molecule has 1 aliphatic rings. The molecule has 0 saturated heterocycles. The number of rotatable bonds is 5. The number of ether oxygens (including phenoxy) is 2. The van der Waals surface area contributed by atoms with Gasteiger partial charge in [-0.05, 0) is 37.3 Å². The van der Waals surface area contributed by atoms with Crippen LogP contribution in [0.4, 0.5) is 14.9 Å². The van der Waals surface area contributed by atoms with E-state index in [0.717, 1.165) is 37.3 Å². The molecule has 0 aromatic heterocycles. The van der Waals surface area contributed by atoms with Gasteiger partial charge in [-0.1, -0.05) is 41.9 Å². The second-order valence-corrected chi connectivity index (χ2v) is 6.38. The highest BCUT2D eigenvalue weighted by Gasteiger charge is 2.19. The van der Waals surface area contributed by atoms with E-state index in [2.05, 4.69) is 5.32 Å². The van der Waals surface area contributed by atoms with Crippen molar-refractivity contribution < 1.29 is 18.7 Å². The van der Waals surface area contributed by atoms with Gasteiger partial charge in [-0.25, -0.2) is 9.18 Å². The molecule has 0 unspecified atom stereocenters. The monoisotopic (exact) mass is 363 g/mol. The van der Waals surface area contributed by atoms with Crippen molar-refractivity contribution in [2.45, 2.75) is 38.4 Å². The Hall–Kier alpha value is -2.27. The van der Waals surface area contributed by atoms with Crippen LogP contribution in [0.15, 0.2) is 42.5 Å². The van der Waals surface area contributed by atoms with E-state index in [1.54, 1.807) is 0 Å². The van der Waals surface area contributed by atoms with Gasteiger partial charge in [0, 0.05) is 6.07 Å². The number of anilines is 1. The molecule has 4 nitrogen and oxygen atoms in total. The maximum absolute atomic E-state index is 14.1. The van der Waals surface area contributed by atoms with Crippen molar-refractivity contribution in [3.05, 3.63) is 58.9 Å². The van der Waals surface area contributed by atoms with Crippen molar-refractivity contribution >= 4 is 23.4 Å². The number of carbonyl (C=O) groups excluding carboxylic acids is 1. The lowest BCUT2D eigenvalue weighted by atomic mass is 10.2. The molecule has 132 valence electrons. The second-order valence-electron chi connectivity index (χ2n) is 5.97. The van der Waals surface area contributed by atoms with Crippen molar-refractivity contribution in [2.24, 2.45) is 0 Å². The molecule has 2 aromatic rings. The standard InChI is InChI=1S/C19H19ClFNO3/c20-15-10-16(21)17(11-18(15)25-14-8-4-5-9-14)22-19(23)24-12-13-6-2-1-3-7-13/h1-3,6-7,10-11,14H,4-5,8-9,12H2,(H,22,23). The Morgan fingerprint density at radius 3 is 2.64 bits per heavy atom. The number of hydrogen-bond donors (Lipinski definition) is 1. The Kier molecular flexibility index (Phi) is 5.76. The van der Waals surface area contributed by atoms with Gasteiger partial charge in [-0.15, -0.1) is 0 Å². The van der Waals surface area contributed by atoms with Crippen LogP contribution in [0, 0.1) is 5.82 Å². The second kappa shape index (κ2) is 8.21. The first kappa shape index (κ1) is 17.5. The molecule has 1 aliphatic carbocycles. The lowest BCUT2D eigenvalue weighted by Gasteiger charge is -2.16. The summed E-state index contributed by atoms with van der Waals surface area (Å²) in [6.45, 7) is 0.104. The number of benzene rings is 2. The van der Waals surface area contributed by atoms with Gasteiger partial charge in [-0.3, -0.25) is 5.32 Å². The lowest BCUT2D eigenvalue weighted by molar-refractivity contribution is 0.155. The van der Waals surface area contributed by atoms with Crippen molar-refractivity contribution in [1.29, 1.82) is 0 Å². The molecule has 0 radical (unpaired) electrons. The van der Waals surface area contributed by atoms with Gasteiger partial charge >= 0.3 is 6.09 Å². The first-order valence-electron chi connectivity index (χ1n) is 8.25. The van der Waals surface area contributed by atoms with E-state index in [9.17, 15) is 9.18 Å². The molecule has 1 saturated carbocycles. The van der Waals surface area contributed by atoms with E-state index < -0.39 is 11.9 Å². The normalized spacial score (nSPS) is 14.3. The van der Waals surface area contributed by atoms with Crippen molar-refractivity contribution in [2.75, 3.05) is 5.32 Å². The molecule has 1 N–H and O–H groups in total. The molecule has 1 amide bonds. The molecular weight excluding hydrogens is 345 g/mol. The Bertz CT molecular complexity index is 733. The minimum Gasteiger partial charge on any atom is -0.489 e. The average molecular weight is 364 g/mol. The lowest BCUT2D eigenvalue weighted by Crippen LogP contribution is -2.15. The van der Waals surface area contributed by atoms with Gasteiger partial charge in [0.05, 0.1) is 16.8 Å². The number of halogens is 2. The smallest absolute Gasteiger partial charge is 0.412 e. The quantitative estimate of drug-likeness (QED) is 0.757. The van der Waals surface area contributed by atoms with E-state index in [1.165, 1.54) is 6.07 Å². The third-order valence-corrected chi connectivity index (χ3v) is 4.36. The molecule has 0 aliphatic heterocycles. The van der Waals surface area contributed by atoms with Crippen molar-refractivity contribution in [1.82, 2.24) is 0 Å². The molecule has 6 heteroatoms. The SMILES string of the molecule is O=C(Nc1cc(OC2CCCC2)c(Cl)cc1F)OCc1ccccc1. The van der Waals surface area contributed by atoms with Crippen LogP contribution in [-0.2, 0) is 11.3 Å². The summed E-state index contributed by atoms with van der Waals surface area (Å²) in [6, 6.07) is 11.8. The fraction of sp³-hybridized carbons (Fsp3) is 0.316. The third-order valence-electron chi connectivity index (χ3n) is 4.07. The van der Waals surface area contributed by atoms with Crippen LogP contribution in [0.2, 0.25) is 5.02 Å². The van der Waals surface area contributed by atoms with E-state index in [-0.39, 0.29) is 23.4 Å². The fourth-order valence-electron chi connectivity index (χ4n) is 2.77. The van der Waals surface area contributed by atoms with E-state index >= 15 is 0 Å². The first-order valence-corrected chi connectivity index (χ1v) is 8.63. The molecule has 0 heterocycles. The van der Waals surface area contributed by atoms with Crippen molar-refractivity contribution in [3.8, 4) is 5.75 Å². The summed E-state index contributed by atoms with van der Waals surface area (Å²) < 4.78 is 25.0. The Labute approximate surface area is 150 Å². The number of hydrogen-bond acceptors (Lipinski definition) is 3. The zero-order chi connectivity index (χ0) is 17.6. The Morgan fingerprint density at radius 2 is 1.92 bits per heavy atom. The topological polar surface area (TPSA) is 47.6 Å². The molecular formula is C19H19ClFNO3. The van der Waals surface area contributed by atoms with E-state index in [4.69, 9.17) is 21.1 Å². The Morgan fingerprint density at radius 1 is 1.20 bits per heavy atom. The van der Waals surface area contributed by atoms with E-state index in [0.29, 0.717) is 5.75 Å². The number of nitrogens with one attached hydrogen (secondary N) is 1. The van der Waals surface area contributed by atoms with Crippen LogP contribution >= 0.6 is 11.6 Å². The van der Waals surface area contributed by atoms with Gasteiger partial charge in [0.25, 0.3) is 0 Å². The van der Waals surface area contributed by atoms with E-state index in [1.807, 2.05) is 30.3 Å². The van der Waals surface area contributed by atoms with Crippen LogP contribution < -0.4 is 10.1 Å². The zero-order valence-corrected chi connectivity index (χ0v) is 14.4. The number of carbonyl (C=O) groups is 1. The van der Waals surface area contributed by atoms with Crippen LogP contribution in [0.5, 0.6) is 5.75 Å². The highest BCUT2D eigenvalue weighted by Crippen LogP contribution is 2.33. The summed E-state index contributed by atoms with van der Waals surface area (Å²) in [5.41, 5.74) is 0.829. The molecule has 3 rings (SSSR count). The van der Waals surface area contributed by atoms with Gasteiger partial charge in [0.1, 0.15) is 18.2 Å². The first-order chi connectivity index (χ1) is 12.1. The molecule has 25 heavy (non-hydrogen) atoms. The van der Waals surface area contributed by atoms with Gasteiger partial charge in [0.2, 0.25) is 0 Å². The number of amides is 1. The van der Waals surface area contributed by atoms with Crippen LogP contribution in [0.3, 0.4) is 0 Å². The third kappa shape index (κ3) is 4.86. The largest absolute Gasteiger partial charge is 0.489 e. The molecule has 0 spiro atoms. The Balaban J connectivity index is 1.63.